The fourth-order valence-corrected chi connectivity index (χ4v) is 4.19. The van der Waals surface area contributed by atoms with Crippen LogP contribution in [0.25, 0.3) is 5.76 Å². The zero-order chi connectivity index (χ0) is 29.2. The van der Waals surface area contributed by atoms with Crippen LogP contribution in [0.1, 0.15) is 16.7 Å². The smallest absolute Gasteiger partial charge is 0.357 e. The van der Waals surface area contributed by atoms with Gasteiger partial charge in [-0.15, -0.1) is 0 Å². The van der Waals surface area contributed by atoms with Crippen LogP contribution in [0.15, 0.2) is 126 Å². The third-order valence-electron chi connectivity index (χ3n) is 6.11. The highest BCUT2D eigenvalue weighted by Crippen LogP contribution is 2.24. The molecule has 0 unspecified atom stereocenters. The molecule has 0 aliphatic rings. The number of methoxy groups -OCH3 is 1. The van der Waals surface area contributed by atoms with Crippen LogP contribution in [-0.4, -0.2) is 40.5 Å². The monoisotopic (exact) mass is 566 g/mol. The van der Waals surface area contributed by atoms with E-state index < -0.39 is 34.7 Å². The second kappa shape index (κ2) is 13.9. The molecule has 4 aromatic rings. The summed E-state index contributed by atoms with van der Waals surface area (Å²) in [6, 6.07) is 32.8. The van der Waals surface area contributed by atoms with Gasteiger partial charge in [0.2, 0.25) is 0 Å². The molecule has 206 valence electrons. The second-order valence-electron chi connectivity index (χ2n) is 8.98. The zero-order valence-corrected chi connectivity index (χ0v) is 23.0. The highest BCUT2D eigenvalue weighted by atomic mass is 35.5. The first kappa shape index (κ1) is 29.0. The van der Waals surface area contributed by atoms with Crippen LogP contribution in [0.2, 0.25) is 5.02 Å². The number of benzene rings is 4. The SMILES string of the molecule is COC(=O)C(=Nc1ccccc1)C(C(=O)C(=O)N(Cc1ccccc1)Cc1ccccc1)=C(O)c1ccc(Cl)cc1. The highest BCUT2D eigenvalue weighted by molar-refractivity contribution is 6.60. The molecule has 0 saturated heterocycles. The summed E-state index contributed by atoms with van der Waals surface area (Å²) in [5, 5.41) is 11.8. The van der Waals surface area contributed by atoms with E-state index in [0.29, 0.717) is 10.7 Å². The van der Waals surface area contributed by atoms with E-state index in [0.717, 1.165) is 18.2 Å². The van der Waals surface area contributed by atoms with E-state index in [4.69, 9.17) is 16.3 Å². The topological polar surface area (TPSA) is 96.3 Å². The predicted molar refractivity (Wildman–Crippen MR) is 159 cm³/mol. The van der Waals surface area contributed by atoms with Gasteiger partial charge in [0.05, 0.1) is 12.8 Å². The number of para-hydroxylation sites is 1. The van der Waals surface area contributed by atoms with Gasteiger partial charge in [0.25, 0.3) is 11.7 Å². The van der Waals surface area contributed by atoms with Gasteiger partial charge in [-0.25, -0.2) is 9.79 Å². The standard InChI is InChI=1S/C33H27ClN2O5/c1-41-33(40)29(35-27-15-9-4-10-16-27)28(30(37)25-17-19-26(34)20-18-25)31(38)32(39)36(21-23-11-5-2-6-12-23)22-24-13-7-3-8-14-24/h2-20,37H,21-22H2,1H3. The average Bonchev–Trinajstić information content (AvgIpc) is 3.01. The van der Waals surface area contributed by atoms with Crippen LogP contribution < -0.4 is 0 Å². The molecule has 41 heavy (non-hydrogen) atoms. The molecule has 0 aromatic heterocycles. The summed E-state index contributed by atoms with van der Waals surface area (Å²) in [5.41, 5.74) is 0.974. The molecule has 1 N–H and O–H groups in total. The third-order valence-corrected chi connectivity index (χ3v) is 6.36. The molecule has 4 rings (SSSR count). The number of aliphatic hydroxyl groups is 1. The molecule has 0 fully saturated rings. The van der Waals surface area contributed by atoms with Gasteiger partial charge in [-0.2, -0.15) is 0 Å². The number of Topliss-reactive ketones (excluding diaryl/α,β-unsaturated/α-hetero) is 1. The quantitative estimate of drug-likeness (QED) is 0.0793. The van der Waals surface area contributed by atoms with E-state index in [1.54, 1.807) is 30.3 Å². The lowest BCUT2D eigenvalue weighted by atomic mass is 9.98. The van der Waals surface area contributed by atoms with Crippen LogP contribution in [0.5, 0.6) is 0 Å². The molecule has 4 aromatic carbocycles. The Hall–Kier alpha value is -5.01. The molecule has 0 radical (unpaired) electrons. The van der Waals surface area contributed by atoms with E-state index >= 15 is 0 Å². The predicted octanol–water partition coefficient (Wildman–Crippen LogP) is 6.35. The number of carbonyl (C=O) groups excluding carboxylic acids is 3. The third kappa shape index (κ3) is 7.56. The summed E-state index contributed by atoms with van der Waals surface area (Å²) in [6.45, 7) is 0.220. The average molecular weight is 567 g/mol. The molecule has 0 aliphatic heterocycles. The number of hydrogen-bond donors (Lipinski definition) is 1. The number of nitrogens with zero attached hydrogens (tertiary/aromatic N) is 2. The summed E-state index contributed by atoms with van der Waals surface area (Å²) >= 11 is 6.02. The van der Waals surface area contributed by atoms with Gasteiger partial charge in [0.15, 0.2) is 5.71 Å². The number of aliphatic imine (C=N–C) groups is 1. The number of halogens is 1. The Bertz CT molecular complexity index is 1530. The largest absolute Gasteiger partial charge is 0.506 e. The van der Waals surface area contributed by atoms with Crippen LogP contribution in [0, 0.1) is 0 Å². The Morgan fingerprint density at radius 1 is 0.756 bits per heavy atom. The Morgan fingerprint density at radius 2 is 1.24 bits per heavy atom. The minimum atomic E-state index is -1.12. The van der Waals surface area contributed by atoms with Crippen molar-refractivity contribution < 1.29 is 24.2 Å². The summed E-state index contributed by atoms with van der Waals surface area (Å²) in [7, 11) is 1.13. The van der Waals surface area contributed by atoms with Gasteiger partial charge in [-0.1, -0.05) is 90.5 Å². The number of aliphatic hydroxyl groups excluding tert-OH is 1. The molecular weight excluding hydrogens is 540 g/mol. The maximum atomic E-state index is 14.1. The number of esters is 1. The zero-order valence-electron chi connectivity index (χ0n) is 22.2. The van der Waals surface area contributed by atoms with Crippen molar-refractivity contribution in [3.05, 3.63) is 143 Å². The molecule has 0 heterocycles. The first-order valence-corrected chi connectivity index (χ1v) is 13.1. The van der Waals surface area contributed by atoms with E-state index in [1.165, 1.54) is 29.2 Å². The van der Waals surface area contributed by atoms with E-state index in [1.807, 2.05) is 60.7 Å². The van der Waals surface area contributed by atoms with Crippen LogP contribution in [0.3, 0.4) is 0 Å². The molecule has 0 bridgehead atoms. The van der Waals surface area contributed by atoms with Crippen LogP contribution >= 0.6 is 11.6 Å². The molecule has 0 saturated carbocycles. The summed E-state index contributed by atoms with van der Waals surface area (Å²) in [6.07, 6.45) is 0. The normalized spacial score (nSPS) is 11.8. The van der Waals surface area contributed by atoms with Crippen molar-refractivity contribution in [1.29, 1.82) is 0 Å². The van der Waals surface area contributed by atoms with Gasteiger partial charge < -0.3 is 14.7 Å². The lowest BCUT2D eigenvalue weighted by molar-refractivity contribution is -0.143. The Labute approximate surface area is 243 Å². The lowest BCUT2D eigenvalue weighted by Crippen LogP contribution is -2.39. The molecule has 7 nitrogen and oxygen atoms in total. The number of ether oxygens (including phenoxy) is 1. The molecule has 0 atom stereocenters. The van der Waals surface area contributed by atoms with Crippen LogP contribution in [0.4, 0.5) is 5.69 Å². The Morgan fingerprint density at radius 3 is 1.73 bits per heavy atom. The minimum Gasteiger partial charge on any atom is -0.506 e. The van der Waals surface area contributed by atoms with Crippen molar-refractivity contribution in [2.24, 2.45) is 4.99 Å². The van der Waals surface area contributed by atoms with Gasteiger partial charge in [-0.3, -0.25) is 9.59 Å². The second-order valence-corrected chi connectivity index (χ2v) is 9.42. The fraction of sp³-hybridized carbons (Fsp3) is 0.0909. The Kier molecular flexibility index (Phi) is 9.80. The van der Waals surface area contributed by atoms with Crippen molar-refractivity contribution in [2.45, 2.75) is 13.1 Å². The fourth-order valence-electron chi connectivity index (χ4n) is 4.07. The maximum absolute atomic E-state index is 14.1. The van der Waals surface area contributed by atoms with Crippen molar-refractivity contribution in [2.75, 3.05) is 7.11 Å². The van der Waals surface area contributed by atoms with Crippen molar-refractivity contribution >= 4 is 46.4 Å². The van der Waals surface area contributed by atoms with E-state index in [9.17, 15) is 19.5 Å². The Balaban J connectivity index is 1.85. The number of ketones is 1. The van der Waals surface area contributed by atoms with Gasteiger partial charge in [0.1, 0.15) is 11.3 Å². The van der Waals surface area contributed by atoms with Gasteiger partial charge in [0, 0.05) is 23.7 Å². The number of amides is 1. The molecule has 8 heteroatoms. The molecule has 0 spiro atoms. The number of hydrogen-bond acceptors (Lipinski definition) is 6. The van der Waals surface area contributed by atoms with Crippen molar-refractivity contribution in [3.63, 3.8) is 0 Å². The number of carbonyl (C=O) groups is 3. The highest BCUT2D eigenvalue weighted by Gasteiger charge is 2.35. The summed E-state index contributed by atoms with van der Waals surface area (Å²) < 4.78 is 4.94. The maximum Gasteiger partial charge on any atom is 0.357 e. The van der Waals surface area contributed by atoms with Crippen LogP contribution in [-0.2, 0) is 32.2 Å². The van der Waals surface area contributed by atoms with Gasteiger partial charge >= 0.3 is 5.97 Å². The summed E-state index contributed by atoms with van der Waals surface area (Å²) in [5.74, 6) is -3.66. The summed E-state index contributed by atoms with van der Waals surface area (Å²) in [4.78, 5) is 46.8. The van der Waals surface area contributed by atoms with Crippen molar-refractivity contribution in [1.82, 2.24) is 4.90 Å². The minimum absolute atomic E-state index is 0.110. The molecular formula is C33H27ClN2O5. The van der Waals surface area contributed by atoms with E-state index in [-0.39, 0.29) is 18.7 Å². The van der Waals surface area contributed by atoms with Crippen molar-refractivity contribution in [3.8, 4) is 0 Å². The molecule has 0 aliphatic carbocycles. The first-order chi connectivity index (χ1) is 19.9. The van der Waals surface area contributed by atoms with Gasteiger partial charge in [-0.05, 0) is 47.5 Å². The number of rotatable bonds is 10. The first-order valence-electron chi connectivity index (χ1n) is 12.7. The molecule has 1 amide bonds. The van der Waals surface area contributed by atoms with E-state index in [2.05, 4.69) is 4.99 Å². The lowest BCUT2D eigenvalue weighted by Gasteiger charge is -2.23.